The van der Waals surface area contributed by atoms with Crippen molar-refractivity contribution in [3.8, 4) is 0 Å². The van der Waals surface area contributed by atoms with E-state index < -0.39 is 7.82 Å². The number of hydrogen-bond acceptors (Lipinski definition) is 10. The molecule has 0 aromatic carbocycles. The molecule has 0 fully saturated rings. The molecule has 3 aliphatic heterocycles. The minimum absolute atomic E-state index is 0. The van der Waals surface area contributed by atoms with E-state index in [4.69, 9.17) is 19.2 Å². The minimum Gasteiger partial charge on any atom is -0.822 e. The minimum atomic E-state index is -5.39. The van der Waals surface area contributed by atoms with Crippen molar-refractivity contribution < 1.29 is 173 Å². The van der Waals surface area contributed by atoms with Crippen molar-refractivity contribution in [1.82, 2.24) is 0 Å². The second kappa shape index (κ2) is 25.0. The zero-order valence-corrected chi connectivity index (χ0v) is 23.6. The van der Waals surface area contributed by atoms with Crippen LogP contribution in [0.25, 0.3) is 0 Å². The van der Waals surface area contributed by atoms with Gasteiger partial charge in [0.25, 0.3) is 0 Å². The van der Waals surface area contributed by atoms with Gasteiger partial charge in [-0.1, -0.05) is 0 Å². The van der Waals surface area contributed by atoms with Crippen LogP contribution >= 0.6 is 7.82 Å². The summed E-state index contributed by atoms with van der Waals surface area (Å²) in [5, 5.41) is 0. The van der Waals surface area contributed by atoms with E-state index in [0.717, 1.165) is 19.6 Å². The standard InChI is InChI=1S/3C3H4N2.3K.H3O4P/c3*1-2-5-3-4-1;;;;1-5(2,3)4/h3*1,3H,2H2;;;;(H3,1,2,3,4)/q;;;3*+1;/p-3. The van der Waals surface area contributed by atoms with Gasteiger partial charge in [0.15, 0.2) is 0 Å². The normalized spacial score (nSPS) is 14.0. The van der Waals surface area contributed by atoms with E-state index in [-0.39, 0.29) is 154 Å². The Bertz CT molecular complexity index is 387. The maximum atomic E-state index is 8.55. The molecule has 3 aliphatic rings. The molecule has 23 heavy (non-hydrogen) atoms. The molecule has 10 nitrogen and oxygen atoms in total. The first-order valence-corrected chi connectivity index (χ1v) is 6.69. The molecule has 0 N–H and O–H groups in total. The van der Waals surface area contributed by atoms with E-state index in [9.17, 15) is 0 Å². The Morgan fingerprint density at radius 2 is 0.870 bits per heavy atom. The van der Waals surface area contributed by atoms with Gasteiger partial charge in [-0.2, -0.15) is 7.82 Å². The fourth-order valence-corrected chi connectivity index (χ4v) is 0.707. The Hall–Kier alpha value is 3.04. The van der Waals surface area contributed by atoms with Crippen LogP contribution in [0.3, 0.4) is 0 Å². The van der Waals surface area contributed by atoms with E-state index >= 15 is 0 Å². The van der Waals surface area contributed by atoms with E-state index in [1.807, 2.05) is 0 Å². The molecule has 0 aromatic heterocycles. The van der Waals surface area contributed by atoms with Gasteiger partial charge in [0.05, 0.1) is 19.6 Å². The molecule has 0 aromatic rings. The molecule has 0 unspecified atom stereocenters. The molecule has 0 atom stereocenters. The zero-order chi connectivity index (χ0) is 15.1. The summed E-state index contributed by atoms with van der Waals surface area (Å²) in [6.07, 6.45) is 9.96. The molecule has 3 heterocycles. The van der Waals surface area contributed by atoms with Gasteiger partial charge in [-0.25, -0.2) is 15.0 Å². The molecule has 0 saturated carbocycles. The van der Waals surface area contributed by atoms with Crippen LogP contribution in [0.1, 0.15) is 0 Å². The summed E-state index contributed by atoms with van der Waals surface area (Å²) in [6.45, 7) is 2.33. The Morgan fingerprint density at radius 1 is 0.652 bits per heavy atom. The topological polar surface area (TPSA) is 160 Å². The number of rotatable bonds is 0. The number of phosphoric acid groups is 1. The van der Waals surface area contributed by atoms with Crippen molar-refractivity contribution in [1.29, 1.82) is 0 Å². The maximum absolute atomic E-state index is 8.55. The molecule has 0 amide bonds. The van der Waals surface area contributed by atoms with Gasteiger partial charge in [-0.15, -0.1) is 0 Å². The summed E-state index contributed by atoms with van der Waals surface area (Å²) in [7, 11) is -5.39. The summed E-state index contributed by atoms with van der Waals surface area (Å²) in [4.78, 5) is 47.9. The van der Waals surface area contributed by atoms with E-state index in [1.165, 1.54) is 0 Å². The third kappa shape index (κ3) is 40.8. The molecule has 110 valence electrons. The average Bonchev–Trinajstić information content (AvgIpc) is 3.17. The third-order valence-corrected chi connectivity index (χ3v) is 1.32. The van der Waals surface area contributed by atoms with Gasteiger partial charge < -0.3 is 19.2 Å². The fraction of sp³-hybridized carbons (Fsp3) is 0.333. The van der Waals surface area contributed by atoms with Crippen LogP contribution in [0.2, 0.25) is 0 Å². The van der Waals surface area contributed by atoms with Crippen LogP contribution < -0.4 is 169 Å². The molecular weight excluding hydrogens is 404 g/mol. The van der Waals surface area contributed by atoms with Gasteiger partial charge in [-0.05, 0) is 0 Å². The quantitative estimate of drug-likeness (QED) is 0.283. The van der Waals surface area contributed by atoms with Crippen molar-refractivity contribution in [2.75, 3.05) is 19.6 Å². The van der Waals surface area contributed by atoms with Gasteiger partial charge >= 0.3 is 154 Å². The Morgan fingerprint density at radius 3 is 0.913 bits per heavy atom. The van der Waals surface area contributed by atoms with Crippen molar-refractivity contribution in [3.05, 3.63) is 0 Å². The Labute approximate surface area is 262 Å². The van der Waals surface area contributed by atoms with Crippen LogP contribution in [0.15, 0.2) is 30.0 Å². The Balaban J connectivity index is -0.000000100. The summed E-state index contributed by atoms with van der Waals surface area (Å²) in [5.41, 5.74) is 0. The fourth-order valence-electron chi connectivity index (χ4n) is 0.707. The Kier molecular flexibility index (Phi) is 36.6. The molecule has 0 saturated heterocycles. The molecule has 0 radical (unpaired) electrons. The second-order valence-electron chi connectivity index (χ2n) is 2.88. The van der Waals surface area contributed by atoms with Crippen molar-refractivity contribution in [3.63, 3.8) is 0 Å². The predicted molar refractivity (Wildman–Crippen MR) is 73.2 cm³/mol. The number of nitrogens with zero attached hydrogens (tertiary/aromatic N) is 6. The first kappa shape index (κ1) is 33.6. The van der Waals surface area contributed by atoms with Crippen molar-refractivity contribution in [2.24, 2.45) is 30.0 Å². The number of hydrogen-bond donors (Lipinski definition) is 0. The molecule has 0 aliphatic carbocycles. The zero-order valence-electron chi connectivity index (χ0n) is 13.3. The number of aliphatic imine (C=N–C) groups is 6. The molecule has 0 spiro atoms. The summed E-state index contributed by atoms with van der Waals surface area (Å²) in [5.74, 6) is 0. The van der Waals surface area contributed by atoms with Crippen molar-refractivity contribution in [2.45, 2.75) is 0 Å². The largest absolute Gasteiger partial charge is 1.00 e. The van der Waals surface area contributed by atoms with Gasteiger partial charge in [-0.3, -0.25) is 15.0 Å². The third-order valence-electron chi connectivity index (χ3n) is 1.32. The molecule has 0 bridgehead atoms. The molecule has 14 heteroatoms. The summed E-state index contributed by atoms with van der Waals surface area (Å²) < 4.78 is 8.55. The SMILES string of the molecule is C1=NC=NC1.C1=NC=NC1.C1=NC=NC1.O=P([O-])([O-])[O-].[K+].[K+].[K+]. The van der Waals surface area contributed by atoms with Gasteiger partial charge in [0, 0.05) is 18.6 Å². The molecule has 3 rings (SSSR count). The van der Waals surface area contributed by atoms with Gasteiger partial charge in [0.1, 0.15) is 19.0 Å². The summed E-state index contributed by atoms with van der Waals surface area (Å²) >= 11 is 0. The van der Waals surface area contributed by atoms with Crippen LogP contribution in [0.5, 0.6) is 0 Å². The smallest absolute Gasteiger partial charge is 0.822 e. The first-order chi connectivity index (χ1) is 9.50. The van der Waals surface area contributed by atoms with Crippen LogP contribution in [-0.4, -0.2) is 57.3 Å². The van der Waals surface area contributed by atoms with E-state index in [0.29, 0.717) is 0 Å². The van der Waals surface area contributed by atoms with E-state index in [1.54, 1.807) is 37.7 Å². The van der Waals surface area contributed by atoms with Crippen LogP contribution in [0.4, 0.5) is 0 Å². The maximum Gasteiger partial charge on any atom is 1.00 e. The first-order valence-electron chi connectivity index (χ1n) is 5.23. The second-order valence-corrected chi connectivity index (χ2v) is 3.78. The van der Waals surface area contributed by atoms with Crippen LogP contribution in [-0.2, 0) is 4.57 Å². The van der Waals surface area contributed by atoms with Crippen molar-refractivity contribution >= 4 is 45.5 Å². The van der Waals surface area contributed by atoms with Crippen LogP contribution in [0, 0.1) is 0 Å². The van der Waals surface area contributed by atoms with Gasteiger partial charge in [0.2, 0.25) is 0 Å². The molecular formula is C9H12K3N6O4P. The van der Waals surface area contributed by atoms with E-state index in [2.05, 4.69) is 30.0 Å². The summed E-state index contributed by atoms with van der Waals surface area (Å²) in [6, 6.07) is 0. The predicted octanol–water partition coefficient (Wildman–Crippen LogP) is -11.5. The monoisotopic (exact) mass is 416 g/mol. The average molecular weight is 417 g/mol.